The van der Waals surface area contributed by atoms with Crippen molar-refractivity contribution in [3.8, 4) is 0 Å². The van der Waals surface area contributed by atoms with Crippen LogP contribution in [0.3, 0.4) is 0 Å². The highest BCUT2D eigenvalue weighted by atomic mass is 16.5. The van der Waals surface area contributed by atoms with Gasteiger partial charge in [-0.3, -0.25) is 4.79 Å². The van der Waals surface area contributed by atoms with Crippen molar-refractivity contribution < 1.29 is 14.3 Å². The summed E-state index contributed by atoms with van der Waals surface area (Å²) >= 11 is 0. The van der Waals surface area contributed by atoms with E-state index >= 15 is 0 Å². The maximum absolute atomic E-state index is 11.9. The van der Waals surface area contributed by atoms with Crippen molar-refractivity contribution in [2.24, 2.45) is 5.73 Å². The molecule has 0 radical (unpaired) electrons. The molecular formula is C14H20N2O3. The van der Waals surface area contributed by atoms with Gasteiger partial charge in [0.1, 0.15) is 0 Å². The first kappa shape index (κ1) is 15.0. The zero-order chi connectivity index (χ0) is 14.1. The molecule has 5 heteroatoms. The third kappa shape index (κ3) is 5.42. The Hall–Kier alpha value is -2.04. The molecule has 0 spiro atoms. The van der Waals surface area contributed by atoms with Crippen LogP contribution < -0.4 is 11.1 Å². The lowest BCUT2D eigenvalue weighted by molar-refractivity contribution is -0.145. The van der Waals surface area contributed by atoms with Crippen molar-refractivity contribution in [3.63, 3.8) is 0 Å². The molecule has 0 aromatic heterocycles. The van der Waals surface area contributed by atoms with E-state index in [-0.39, 0.29) is 18.5 Å². The fourth-order valence-electron chi connectivity index (χ4n) is 1.78. The van der Waals surface area contributed by atoms with Crippen molar-refractivity contribution >= 4 is 12.0 Å². The summed E-state index contributed by atoms with van der Waals surface area (Å²) in [4.78, 5) is 22.4. The topological polar surface area (TPSA) is 81.4 Å². The summed E-state index contributed by atoms with van der Waals surface area (Å²) in [5.41, 5.74) is 5.89. The molecule has 0 saturated carbocycles. The summed E-state index contributed by atoms with van der Waals surface area (Å²) < 4.78 is 5.20. The SMILES string of the molecule is CCC(C(=O)OCCCNC(N)=O)c1ccccc1. The van der Waals surface area contributed by atoms with Crippen molar-refractivity contribution in [2.75, 3.05) is 13.2 Å². The summed E-state index contributed by atoms with van der Waals surface area (Å²) in [5, 5.41) is 2.44. The number of ether oxygens (including phenoxy) is 1. The maximum Gasteiger partial charge on any atom is 0.313 e. The largest absolute Gasteiger partial charge is 0.465 e. The average molecular weight is 264 g/mol. The second-order valence-corrected chi connectivity index (χ2v) is 4.18. The van der Waals surface area contributed by atoms with Gasteiger partial charge in [0, 0.05) is 6.54 Å². The van der Waals surface area contributed by atoms with E-state index in [1.807, 2.05) is 37.3 Å². The summed E-state index contributed by atoms with van der Waals surface area (Å²) in [6.45, 7) is 2.64. The summed E-state index contributed by atoms with van der Waals surface area (Å²) in [6, 6.07) is 9.00. The van der Waals surface area contributed by atoms with Crippen molar-refractivity contribution in [1.29, 1.82) is 0 Å². The Bertz CT molecular complexity index is 406. The second kappa shape index (κ2) is 8.13. The highest BCUT2D eigenvalue weighted by Crippen LogP contribution is 2.20. The molecule has 0 aliphatic heterocycles. The number of rotatable bonds is 7. The summed E-state index contributed by atoms with van der Waals surface area (Å²) in [7, 11) is 0. The Labute approximate surface area is 113 Å². The van der Waals surface area contributed by atoms with Crippen LogP contribution in [0.5, 0.6) is 0 Å². The van der Waals surface area contributed by atoms with E-state index in [4.69, 9.17) is 10.5 Å². The fourth-order valence-corrected chi connectivity index (χ4v) is 1.78. The van der Waals surface area contributed by atoms with Crippen molar-refractivity contribution in [1.82, 2.24) is 5.32 Å². The van der Waals surface area contributed by atoms with Crippen LogP contribution >= 0.6 is 0 Å². The number of hydrogen-bond donors (Lipinski definition) is 2. The molecule has 1 aromatic rings. The Kier molecular flexibility index (Phi) is 6.43. The lowest BCUT2D eigenvalue weighted by Crippen LogP contribution is -2.30. The molecule has 1 aromatic carbocycles. The van der Waals surface area contributed by atoms with Crippen molar-refractivity contribution in [2.45, 2.75) is 25.7 Å². The minimum absolute atomic E-state index is 0.229. The number of esters is 1. The second-order valence-electron chi connectivity index (χ2n) is 4.18. The number of hydrogen-bond acceptors (Lipinski definition) is 3. The molecule has 0 bridgehead atoms. The van der Waals surface area contributed by atoms with Gasteiger partial charge in [-0.1, -0.05) is 37.3 Å². The lowest BCUT2D eigenvalue weighted by Gasteiger charge is -2.14. The van der Waals surface area contributed by atoms with Gasteiger partial charge in [0.05, 0.1) is 12.5 Å². The van der Waals surface area contributed by atoms with Crippen LogP contribution in [0, 0.1) is 0 Å². The molecule has 104 valence electrons. The molecule has 0 fully saturated rings. The number of urea groups is 1. The van der Waals surface area contributed by atoms with E-state index in [0.717, 1.165) is 5.56 Å². The van der Waals surface area contributed by atoms with Gasteiger partial charge in [-0.15, -0.1) is 0 Å². The number of primary amides is 1. The smallest absolute Gasteiger partial charge is 0.313 e. The first-order valence-electron chi connectivity index (χ1n) is 6.40. The Morgan fingerprint density at radius 3 is 2.58 bits per heavy atom. The standard InChI is InChI=1S/C14H20N2O3/c1-2-12(11-7-4-3-5-8-11)13(17)19-10-6-9-16-14(15)18/h3-5,7-8,12H,2,6,9-10H2,1H3,(H3,15,16,18). The summed E-state index contributed by atoms with van der Waals surface area (Å²) in [6.07, 6.45) is 1.25. The van der Waals surface area contributed by atoms with Crippen LogP contribution in [0.1, 0.15) is 31.2 Å². The van der Waals surface area contributed by atoms with E-state index < -0.39 is 6.03 Å². The number of amides is 2. The molecular weight excluding hydrogens is 244 g/mol. The Morgan fingerprint density at radius 2 is 2.00 bits per heavy atom. The Morgan fingerprint density at radius 1 is 1.32 bits per heavy atom. The molecule has 1 rings (SSSR count). The highest BCUT2D eigenvalue weighted by molar-refractivity contribution is 5.78. The van der Waals surface area contributed by atoms with Gasteiger partial charge in [-0.25, -0.2) is 4.79 Å². The van der Waals surface area contributed by atoms with Gasteiger partial charge in [0.2, 0.25) is 0 Å². The van der Waals surface area contributed by atoms with Crippen LogP contribution in [0.15, 0.2) is 30.3 Å². The lowest BCUT2D eigenvalue weighted by atomic mass is 9.97. The molecule has 2 amide bonds. The van der Waals surface area contributed by atoms with Crippen LogP contribution in [0.4, 0.5) is 4.79 Å². The van der Waals surface area contributed by atoms with Gasteiger partial charge in [-0.2, -0.15) is 0 Å². The average Bonchev–Trinajstić information content (AvgIpc) is 2.40. The molecule has 5 nitrogen and oxygen atoms in total. The van der Waals surface area contributed by atoms with Gasteiger partial charge < -0.3 is 15.8 Å². The van der Waals surface area contributed by atoms with Gasteiger partial charge in [0.25, 0.3) is 0 Å². The number of carbonyl (C=O) groups excluding carboxylic acids is 2. The molecule has 0 aliphatic carbocycles. The van der Waals surface area contributed by atoms with Gasteiger partial charge in [-0.05, 0) is 18.4 Å². The normalized spacial score (nSPS) is 11.6. The fraction of sp³-hybridized carbons (Fsp3) is 0.429. The molecule has 0 saturated heterocycles. The van der Waals surface area contributed by atoms with E-state index in [9.17, 15) is 9.59 Å². The van der Waals surface area contributed by atoms with E-state index in [1.165, 1.54) is 0 Å². The molecule has 1 atom stereocenters. The van der Waals surface area contributed by atoms with E-state index in [0.29, 0.717) is 19.4 Å². The third-order valence-corrected chi connectivity index (χ3v) is 2.76. The number of carbonyl (C=O) groups is 2. The monoisotopic (exact) mass is 264 g/mol. The van der Waals surface area contributed by atoms with Gasteiger partial charge in [0.15, 0.2) is 0 Å². The van der Waals surface area contributed by atoms with Crippen LogP contribution in [-0.4, -0.2) is 25.2 Å². The third-order valence-electron chi connectivity index (χ3n) is 2.76. The molecule has 0 aliphatic rings. The molecule has 19 heavy (non-hydrogen) atoms. The molecule has 0 heterocycles. The molecule has 3 N–H and O–H groups in total. The minimum atomic E-state index is -0.568. The minimum Gasteiger partial charge on any atom is -0.465 e. The number of nitrogens with two attached hydrogens (primary N) is 1. The Balaban J connectivity index is 2.37. The summed E-state index contributed by atoms with van der Waals surface area (Å²) in [5.74, 6) is -0.460. The van der Waals surface area contributed by atoms with E-state index in [1.54, 1.807) is 0 Å². The predicted octanol–water partition coefficient (Wildman–Crippen LogP) is 1.78. The number of nitrogens with one attached hydrogen (secondary N) is 1. The highest BCUT2D eigenvalue weighted by Gasteiger charge is 2.19. The maximum atomic E-state index is 11.9. The van der Waals surface area contributed by atoms with Crippen LogP contribution in [0.2, 0.25) is 0 Å². The first-order valence-corrected chi connectivity index (χ1v) is 6.40. The number of benzene rings is 1. The first-order chi connectivity index (χ1) is 9.15. The predicted molar refractivity (Wildman–Crippen MR) is 72.6 cm³/mol. The quantitative estimate of drug-likeness (QED) is 0.582. The van der Waals surface area contributed by atoms with Gasteiger partial charge >= 0.3 is 12.0 Å². The van der Waals surface area contributed by atoms with E-state index in [2.05, 4.69) is 5.32 Å². The zero-order valence-corrected chi connectivity index (χ0v) is 11.1. The molecule has 1 unspecified atom stereocenters. The van der Waals surface area contributed by atoms with Crippen LogP contribution in [0.25, 0.3) is 0 Å². The van der Waals surface area contributed by atoms with Crippen molar-refractivity contribution in [3.05, 3.63) is 35.9 Å². The van der Waals surface area contributed by atoms with Crippen LogP contribution in [-0.2, 0) is 9.53 Å². The zero-order valence-electron chi connectivity index (χ0n) is 11.1.